The molecule has 0 aromatic heterocycles. The molecule has 0 spiro atoms. The van der Waals surface area contributed by atoms with Gasteiger partial charge in [0.25, 0.3) is 5.84 Å². The average molecular weight is 260 g/mol. The van der Waals surface area contributed by atoms with Crippen molar-refractivity contribution in [2.24, 2.45) is 5.73 Å². The Hall–Kier alpha value is -1.80. The minimum atomic E-state index is 0. The van der Waals surface area contributed by atoms with Gasteiger partial charge in [-0.2, -0.15) is 0 Å². The standard InChI is InChI=1S/C15H14N2.ClH/c1-11-6-8-13(9-7-11)17-10-12-4-2-3-5-14(12)15(17)16;/h2-9,16H,10H2,1H3;1H/p+1. The summed E-state index contributed by atoms with van der Waals surface area (Å²) in [5, 5.41) is 0. The van der Waals surface area contributed by atoms with Crippen molar-refractivity contribution in [2.75, 3.05) is 0 Å². The lowest BCUT2D eigenvalue weighted by atomic mass is 10.1. The lowest BCUT2D eigenvalue weighted by Gasteiger charge is -2.02. The molecule has 0 aliphatic carbocycles. The van der Waals surface area contributed by atoms with E-state index in [1.807, 2.05) is 6.07 Å². The van der Waals surface area contributed by atoms with Crippen LogP contribution in [0.3, 0.4) is 0 Å². The molecule has 0 unspecified atom stereocenters. The van der Waals surface area contributed by atoms with Crippen LogP contribution in [0.25, 0.3) is 0 Å². The Labute approximate surface area is 113 Å². The van der Waals surface area contributed by atoms with Gasteiger partial charge in [0.15, 0.2) is 0 Å². The number of hydrogen-bond acceptors (Lipinski definition) is 1. The van der Waals surface area contributed by atoms with Crippen LogP contribution >= 0.6 is 12.4 Å². The summed E-state index contributed by atoms with van der Waals surface area (Å²) in [4.78, 5) is 0. The fraction of sp³-hybridized carbons (Fsp3) is 0.133. The second-order valence-electron chi connectivity index (χ2n) is 4.46. The first kappa shape index (κ1) is 12.7. The molecule has 2 aromatic rings. The predicted octanol–water partition coefficient (Wildman–Crippen LogP) is 2.98. The highest BCUT2D eigenvalue weighted by molar-refractivity contribution is 5.97. The molecule has 18 heavy (non-hydrogen) atoms. The third kappa shape index (κ3) is 2.00. The number of nitrogens with zero attached hydrogens (tertiary/aromatic N) is 1. The normalized spacial score (nSPS) is 13.2. The number of fused-ring (bicyclic) bond motifs is 1. The van der Waals surface area contributed by atoms with E-state index in [4.69, 9.17) is 5.73 Å². The third-order valence-corrected chi connectivity index (χ3v) is 3.26. The second kappa shape index (κ2) is 4.83. The van der Waals surface area contributed by atoms with Crippen molar-refractivity contribution in [1.29, 1.82) is 0 Å². The van der Waals surface area contributed by atoms with Crippen LogP contribution in [0, 0.1) is 6.92 Å². The monoisotopic (exact) mass is 259 g/mol. The average Bonchev–Trinajstić information content (AvgIpc) is 2.69. The molecule has 0 radical (unpaired) electrons. The molecule has 2 N–H and O–H groups in total. The zero-order chi connectivity index (χ0) is 11.8. The molecule has 0 atom stereocenters. The summed E-state index contributed by atoms with van der Waals surface area (Å²) >= 11 is 0. The van der Waals surface area contributed by atoms with Crippen LogP contribution in [0.1, 0.15) is 16.7 Å². The van der Waals surface area contributed by atoms with E-state index in [1.54, 1.807) is 0 Å². The van der Waals surface area contributed by atoms with Crippen molar-refractivity contribution in [3.63, 3.8) is 0 Å². The van der Waals surface area contributed by atoms with E-state index in [9.17, 15) is 0 Å². The van der Waals surface area contributed by atoms with E-state index < -0.39 is 0 Å². The highest BCUT2D eigenvalue weighted by Gasteiger charge is 2.24. The fourth-order valence-electron chi connectivity index (χ4n) is 2.26. The van der Waals surface area contributed by atoms with Gasteiger partial charge in [0.05, 0.1) is 5.56 Å². The van der Waals surface area contributed by atoms with Gasteiger partial charge in [0.1, 0.15) is 12.2 Å². The van der Waals surface area contributed by atoms with E-state index in [-0.39, 0.29) is 12.4 Å². The maximum absolute atomic E-state index is 6.20. The van der Waals surface area contributed by atoms with Crippen LogP contribution < -0.4 is 5.73 Å². The fourth-order valence-corrected chi connectivity index (χ4v) is 2.26. The molecule has 0 fully saturated rings. The lowest BCUT2D eigenvalue weighted by Crippen LogP contribution is -2.19. The van der Waals surface area contributed by atoms with Crippen molar-refractivity contribution in [2.45, 2.75) is 13.5 Å². The minimum absolute atomic E-state index is 0. The molecule has 1 heterocycles. The highest BCUT2D eigenvalue weighted by Crippen LogP contribution is 2.23. The van der Waals surface area contributed by atoms with Crippen LogP contribution in [0.4, 0.5) is 5.69 Å². The Morgan fingerprint density at radius 2 is 1.67 bits per heavy atom. The summed E-state index contributed by atoms with van der Waals surface area (Å²) in [5.41, 5.74) is 11.1. The Balaban J connectivity index is 0.00000120. The van der Waals surface area contributed by atoms with Crippen LogP contribution in [0.2, 0.25) is 0 Å². The summed E-state index contributed by atoms with van der Waals surface area (Å²) in [6, 6.07) is 16.8. The third-order valence-electron chi connectivity index (χ3n) is 3.26. The number of halogens is 1. The molecule has 1 aliphatic heterocycles. The summed E-state index contributed by atoms with van der Waals surface area (Å²) < 4.78 is 2.16. The molecule has 0 saturated carbocycles. The summed E-state index contributed by atoms with van der Waals surface area (Å²) in [7, 11) is 0. The number of hydrogen-bond donors (Lipinski definition) is 1. The zero-order valence-electron chi connectivity index (χ0n) is 10.3. The molecule has 0 saturated heterocycles. The molecule has 3 rings (SSSR count). The van der Waals surface area contributed by atoms with Gasteiger partial charge in [0, 0.05) is 5.56 Å². The first-order chi connectivity index (χ1) is 8.25. The first-order valence-electron chi connectivity index (χ1n) is 5.80. The van der Waals surface area contributed by atoms with Gasteiger partial charge >= 0.3 is 0 Å². The predicted molar refractivity (Wildman–Crippen MR) is 76.8 cm³/mol. The SMILES string of the molecule is Cc1ccc([N+]2=C(N)c3ccccc3C2)cc1.Cl. The number of rotatable bonds is 1. The lowest BCUT2D eigenvalue weighted by molar-refractivity contribution is -0.453. The molecule has 2 aromatic carbocycles. The highest BCUT2D eigenvalue weighted by atomic mass is 35.5. The van der Waals surface area contributed by atoms with Gasteiger partial charge in [-0.1, -0.05) is 35.9 Å². The van der Waals surface area contributed by atoms with Crippen molar-refractivity contribution < 1.29 is 4.58 Å². The number of amidine groups is 1. The Morgan fingerprint density at radius 3 is 2.33 bits per heavy atom. The quantitative estimate of drug-likeness (QED) is 0.784. The molecule has 0 bridgehead atoms. The van der Waals surface area contributed by atoms with Crippen molar-refractivity contribution in [3.05, 3.63) is 65.2 Å². The molecule has 3 heteroatoms. The second-order valence-corrected chi connectivity index (χ2v) is 4.46. The molecule has 2 nitrogen and oxygen atoms in total. The Kier molecular flexibility index (Phi) is 3.39. The van der Waals surface area contributed by atoms with E-state index in [0.717, 1.165) is 23.6 Å². The first-order valence-corrected chi connectivity index (χ1v) is 5.80. The van der Waals surface area contributed by atoms with Gasteiger partial charge in [-0.25, -0.2) is 4.58 Å². The zero-order valence-corrected chi connectivity index (χ0v) is 11.1. The van der Waals surface area contributed by atoms with Gasteiger partial charge in [-0.15, -0.1) is 12.4 Å². The summed E-state index contributed by atoms with van der Waals surface area (Å²) in [5.74, 6) is 0.851. The summed E-state index contributed by atoms with van der Waals surface area (Å²) in [6.07, 6.45) is 0. The van der Waals surface area contributed by atoms with Gasteiger partial charge in [-0.05, 0) is 25.1 Å². The van der Waals surface area contributed by atoms with Crippen LogP contribution in [-0.4, -0.2) is 10.4 Å². The molecule has 1 aliphatic rings. The molecule has 0 amide bonds. The topological polar surface area (TPSA) is 29.0 Å². The molecule has 92 valence electrons. The van der Waals surface area contributed by atoms with Crippen molar-refractivity contribution in [3.8, 4) is 0 Å². The van der Waals surface area contributed by atoms with Gasteiger partial charge in [0.2, 0.25) is 0 Å². The minimum Gasteiger partial charge on any atom is -0.286 e. The number of benzene rings is 2. The van der Waals surface area contributed by atoms with Crippen LogP contribution in [0.5, 0.6) is 0 Å². The maximum Gasteiger partial charge on any atom is 0.280 e. The molecular weight excluding hydrogens is 244 g/mol. The number of nitrogens with two attached hydrogens (primary N) is 1. The van der Waals surface area contributed by atoms with E-state index >= 15 is 0 Å². The summed E-state index contributed by atoms with van der Waals surface area (Å²) in [6.45, 7) is 2.96. The van der Waals surface area contributed by atoms with Crippen LogP contribution in [-0.2, 0) is 6.54 Å². The Bertz CT molecular complexity index is 600. The smallest absolute Gasteiger partial charge is 0.280 e. The van der Waals surface area contributed by atoms with Gasteiger partial charge < -0.3 is 0 Å². The Morgan fingerprint density at radius 1 is 1.00 bits per heavy atom. The maximum atomic E-state index is 6.20. The van der Waals surface area contributed by atoms with Crippen molar-refractivity contribution >= 4 is 23.9 Å². The van der Waals surface area contributed by atoms with Crippen LogP contribution in [0.15, 0.2) is 48.5 Å². The number of aryl methyl sites for hydroxylation is 1. The van der Waals surface area contributed by atoms with E-state index in [2.05, 4.69) is 54.0 Å². The van der Waals surface area contributed by atoms with E-state index in [0.29, 0.717) is 0 Å². The van der Waals surface area contributed by atoms with E-state index in [1.165, 1.54) is 11.1 Å². The van der Waals surface area contributed by atoms with Crippen molar-refractivity contribution in [1.82, 2.24) is 0 Å². The molecular formula is C15H16ClN2+. The largest absolute Gasteiger partial charge is 0.286 e. The van der Waals surface area contributed by atoms with Gasteiger partial charge in [-0.3, -0.25) is 5.73 Å².